The van der Waals surface area contributed by atoms with E-state index in [0.29, 0.717) is 80.0 Å². The second kappa shape index (κ2) is 24.2. The number of anilines is 2. The number of hydrogen-bond acceptors (Lipinski definition) is 15. The molecule has 0 radical (unpaired) electrons. The molecule has 7 aromatic rings. The molecule has 4 saturated carbocycles. The highest BCUT2D eigenvalue weighted by atomic mass is 32.2. The molecule has 4 aliphatic carbocycles. The van der Waals surface area contributed by atoms with Crippen LogP contribution in [0.25, 0.3) is 21.5 Å². The normalized spacial score (nSPS) is 22.1. The fraction of sp³-hybridized carbons (Fsp3) is 0.507. The number of nitrogens with zero attached hydrogens (tertiary/aromatic N) is 6. The van der Waals surface area contributed by atoms with Crippen molar-refractivity contribution >= 4 is 73.3 Å². The molecule has 0 spiro atoms. The van der Waals surface area contributed by atoms with Crippen LogP contribution in [0, 0.1) is 28.6 Å². The number of carbonyl (C=O) groups excluding carboxylic acids is 2. The van der Waals surface area contributed by atoms with Crippen molar-refractivity contribution in [3.63, 3.8) is 0 Å². The Morgan fingerprint density at radius 3 is 2.15 bits per heavy atom. The number of thiazole rings is 1. The Hall–Kier alpha value is -6.19. The number of rotatable bonds is 23. The minimum Gasteiger partial charge on any atom is -0.455 e. The first-order valence-corrected chi connectivity index (χ1v) is 35.5. The van der Waals surface area contributed by atoms with Crippen LogP contribution in [0.2, 0.25) is 5.04 Å². The summed E-state index contributed by atoms with van der Waals surface area (Å²) in [6, 6.07) is 34.7. The minimum atomic E-state index is -3.81. The summed E-state index contributed by atoms with van der Waals surface area (Å²) < 4.78 is 55.7. The number of amides is 1. The molecule has 2 unspecified atom stereocenters. The van der Waals surface area contributed by atoms with Gasteiger partial charge in [-0.15, -0.1) is 0 Å². The van der Waals surface area contributed by atoms with Gasteiger partial charge in [0, 0.05) is 67.9 Å². The van der Waals surface area contributed by atoms with E-state index in [1.807, 2.05) is 89.3 Å². The molecule has 1 aliphatic heterocycles. The third kappa shape index (κ3) is 13.6. The maximum atomic E-state index is 14.3. The lowest BCUT2D eigenvalue weighted by molar-refractivity contribution is -0.247. The Labute approximate surface area is 525 Å². The molecular weight excluding hydrogens is 1160 g/mol. The Morgan fingerprint density at radius 2 is 1.48 bits per heavy atom. The molecule has 468 valence electrons. The molecule has 4 bridgehead atoms. The van der Waals surface area contributed by atoms with Crippen LogP contribution in [0.15, 0.2) is 116 Å². The second-order valence-corrected chi connectivity index (χ2v) is 36.3. The molecule has 5 heterocycles. The van der Waals surface area contributed by atoms with Crippen LogP contribution in [0.1, 0.15) is 152 Å². The van der Waals surface area contributed by atoms with Gasteiger partial charge in [0.2, 0.25) is 0 Å². The summed E-state index contributed by atoms with van der Waals surface area (Å²) in [4.78, 5) is 44.3. The van der Waals surface area contributed by atoms with Crippen molar-refractivity contribution in [1.29, 1.82) is 0 Å². The summed E-state index contributed by atoms with van der Waals surface area (Å²) in [5.41, 5.74) is 4.34. The van der Waals surface area contributed by atoms with Gasteiger partial charge in [-0.25, -0.2) is 14.8 Å². The molecule has 88 heavy (non-hydrogen) atoms. The fourth-order valence-corrected chi connectivity index (χ4v) is 22.3. The lowest BCUT2D eigenvalue weighted by atomic mass is 9.39. The van der Waals surface area contributed by atoms with Gasteiger partial charge in [0.25, 0.3) is 24.3 Å². The number of benzene rings is 3. The van der Waals surface area contributed by atoms with Crippen molar-refractivity contribution in [2.45, 2.75) is 157 Å². The van der Waals surface area contributed by atoms with E-state index >= 15 is 0 Å². The van der Waals surface area contributed by atoms with E-state index in [9.17, 15) is 18.0 Å². The second-order valence-electron chi connectivity index (χ2n) is 29.2. The van der Waals surface area contributed by atoms with Crippen LogP contribution in [-0.4, -0.2) is 110 Å². The first-order valence-electron chi connectivity index (χ1n) is 31.2. The number of pyridine rings is 2. The molecule has 5 aliphatic rings. The third-order valence-corrected chi connectivity index (χ3v) is 25.7. The monoisotopic (exact) mass is 1250 g/mol. The first kappa shape index (κ1) is 63.4. The molecule has 4 fully saturated rings. The van der Waals surface area contributed by atoms with Crippen LogP contribution in [-0.2, 0) is 47.7 Å². The number of carbonyl (C=O) groups is 2. The molecule has 3 aromatic carbocycles. The highest BCUT2D eigenvalue weighted by molar-refractivity contribution is 7.86. The molecule has 1 amide bonds. The van der Waals surface area contributed by atoms with Gasteiger partial charge in [-0.2, -0.15) is 18.5 Å². The summed E-state index contributed by atoms with van der Waals surface area (Å²) in [6.45, 7) is 26.9. The summed E-state index contributed by atoms with van der Waals surface area (Å²) in [5, 5.41) is 14.2. The van der Waals surface area contributed by atoms with Crippen LogP contribution < -0.4 is 25.9 Å². The van der Waals surface area contributed by atoms with Gasteiger partial charge in [-0.05, 0) is 158 Å². The number of fused-ring (bicyclic) bond motifs is 2. The quantitative estimate of drug-likeness (QED) is 0.0266. The van der Waals surface area contributed by atoms with Crippen molar-refractivity contribution in [3.05, 3.63) is 144 Å². The predicted octanol–water partition coefficient (Wildman–Crippen LogP) is 12.1. The van der Waals surface area contributed by atoms with E-state index in [1.54, 1.807) is 6.20 Å². The molecule has 16 nitrogen and oxygen atoms in total. The minimum absolute atomic E-state index is 0.0640. The average molecular weight is 1250 g/mol. The zero-order valence-corrected chi connectivity index (χ0v) is 55.9. The van der Waals surface area contributed by atoms with Crippen molar-refractivity contribution < 1.29 is 36.1 Å². The lowest BCUT2D eigenvalue weighted by Gasteiger charge is -2.69. The smallest absolute Gasteiger partial charge is 0.358 e. The first-order chi connectivity index (χ1) is 41.6. The zero-order valence-electron chi connectivity index (χ0n) is 53.3. The van der Waals surface area contributed by atoms with Crippen molar-refractivity contribution in [1.82, 2.24) is 30.0 Å². The van der Waals surface area contributed by atoms with Gasteiger partial charge >= 0.3 is 5.97 Å². The molecule has 4 aromatic heterocycles. The van der Waals surface area contributed by atoms with Crippen molar-refractivity contribution in [3.8, 4) is 11.1 Å². The van der Waals surface area contributed by atoms with Gasteiger partial charge in [0.15, 0.2) is 16.5 Å². The third-order valence-electron chi connectivity index (χ3n) is 18.6. The van der Waals surface area contributed by atoms with E-state index in [0.717, 1.165) is 65.6 Å². The predicted molar refractivity (Wildman–Crippen MR) is 352 cm³/mol. The molecule has 19 heteroatoms. The summed E-state index contributed by atoms with van der Waals surface area (Å²) >= 11 is 1.38. The highest BCUT2D eigenvalue weighted by Crippen LogP contribution is 2.72. The molecule has 2 N–H and O–H groups in total. The van der Waals surface area contributed by atoms with Gasteiger partial charge in [-0.1, -0.05) is 133 Å². The SMILES string of the molecule is Cc1c(-c2ccc(N3CCc4cccc(C(=O)Nc5nc6ncccc6s5)c4C3)nc2C(=O)OC(C)(C)C)cnn1CC12CC3(C)CC(C)(C1)CC(OCCNCCS(=O)(=O)OCC(C)(C)CCO[Si](c1ccccc1)(c1ccccc1)C(C)(C)C)(C3)C2. The number of aromatic nitrogens is 5. The van der Waals surface area contributed by atoms with E-state index in [2.05, 4.69) is 126 Å². The van der Waals surface area contributed by atoms with Gasteiger partial charge in [-0.3, -0.25) is 19.0 Å². The summed E-state index contributed by atoms with van der Waals surface area (Å²) in [5.74, 6) is -0.290. The van der Waals surface area contributed by atoms with Gasteiger partial charge in [0.05, 0.1) is 35.5 Å². The van der Waals surface area contributed by atoms with E-state index in [4.69, 9.17) is 28.2 Å². The van der Waals surface area contributed by atoms with E-state index in [1.165, 1.54) is 21.7 Å². The van der Waals surface area contributed by atoms with E-state index < -0.39 is 35.4 Å². The van der Waals surface area contributed by atoms with Crippen molar-refractivity contribution in [2.75, 3.05) is 55.4 Å². The standard InChI is InChI=1S/C69H88N8O8S2Si/c1-48-54(52-27-28-57(73-58(52)61(79)85-63(2,3)4)76-34-29-49-20-18-25-53(55(49)39-76)60(78)75-62-74-59-56(86-62)26-19-31-71-59)38-72-77(48)46-68-41-66(10)40-67(11,42-68)44-69(43-66,45-68)82-36-32-70-33-37-87(80,81)83-47-65(8,9)30-35-84-88(64(5,6)7,50-21-14-12-15-22-50)51-23-16-13-17-24-51/h12-28,31,38,70H,29-30,32-37,39-47H2,1-11H3,(H,71,74,75,78). The summed E-state index contributed by atoms with van der Waals surface area (Å²) in [7, 11) is -6.54. The molecule has 0 saturated heterocycles. The van der Waals surface area contributed by atoms with Crippen molar-refractivity contribution in [2.24, 2.45) is 21.7 Å². The Balaban J connectivity index is 0.716. The van der Waals surface area contributed by atoms with Crippen LogP contribution in [0.4, 0.5) is 10.9 Å². The molecule has 2 atom stereocenters. The van der Waals surface area contributed by atoms with E-state index in [-0.39, 0.29) is 57.4 Å². The number of hydrogen-bond donors (Lipinski definition) is 2. The van der Waals surface area contributed by atoms with Gasteiger partial charge in [0.1, 0.15) is 11.4 Å². The number of nitrogens with one attached hydrogen (secondary N) is 2. The largest absolute Gasteiger partial charge is 0.455 e. The maximum absolute atomic E-state index is 14.3. The van der Waals surface area contributed by atoms with Crippen LogP contribution in [0.5, 0.6) is 0 Å². The van der Waals surface area contributed by atoms with Crippen LogP contribution in [0.3, 0.4) is 0 Å². The van der Waals surface area contributed by atoms with Gasteiger partial charge < -0.3 is 24.1 Å². The Bertz CT molecular complexity index is 3710. The molecule has 12 rings (SSSR count). The lowest BCUT2D eigenvalue weighted by Crippen LogP contribution is -2.66. The highest BCUT2D eigenvalue weighted by Gasteiger charge is 2.66. The zero-order chi connectivity index (χ0) is 62.5. The fourth-order valence-electron chi connectivity index (χ4n) is 15.9. The number of ether oxygens (including phenoxy) is 2. The topological polar surface area (TPSA) is 189 Å². The average Bonchev–Trinajstić information content (AvgIpc) is 0.715. The molecular formula is C69H88N8O8S2Si. The summed E-state index contributed by atoms with van der Waals surface area (Å²) in [6.07, 6.45) is 11.0. The van der Waals surface area contributed by atoms with Crippen LogP contribution >= 0.6 is 11.3 Å². The Kier molecular flexibility index (Phi) is 17.4. The maximum Gasteiger partial charge on any atom is 0.358 e. The number of esters is 1. The Morgan fingerprint density at radius 1 is 0.773 bits per heavy atom.